The van der Waals surface area contributed by atoms with Crippen LogP contribution < -0.4 is 0 Å². The average Bonchev–Trinajstić information content (AvgIpc) is 3.37. The molecule has 0 bridgehead atoms. The Hall–Kier alpha value is -1.47. The van der Waals surface area contributed by atoms with Crippen molar-refractivity contribution in [3.05, 3.63) is 51.9 Å². The van der Waals surface area contributed by atoms with Gasteiger partial charge in [-0.1, -0.05) is 6.07 Å². The molecule has 1 aliphatic heterocycles. The first-order chi connectivity index (χ1) is 11.9. The van der Waals surface area contributed by atoms with E-state index in [1.807, 2.05) is 23.5 Å². The van der Waals surface area contributed by atoms with Crippen molar-refractivity contribution in [2.45, 2.75) is 32.0 Å². The van der Waals surface area contributed by atoms with Crippen molar-refractivity contribution in [2.24, 2.45) is 0 Å². The van der Waals surface area contributed by atoms with Crippen LogP contribution in [-0.2, 0) is 17.8 Å². The van der Waals surface area contributed by atoms with Crippen LogP contribution in [-0.4, -0.2) is 29.1 Å². The van der Waals surface area contributed by atoms with E-state index in [0.717, 1.165) is 49.1 Å². The van der Waals surface area contributed by atoms with Crippen LogP contribution in [0, 0.1) is 0 Å². The molecule has 4 rings (SSSR count). The molecule has 0 N–H and O–H groups in total. The molecule has 126 valence electrons. The molecule has 6 heteroatoms. The highest BCUT2D eigenvalue weighted by Gasteiger charge is 2.20. The number of ether oxygens (including phenoxy) is 1. The number of furan rings is 1. The Morgan fingerprint density at radius 1 is 1.21 bits per heavy atom. The zero-order valence-electron chi connectivity index (χ0n) is 13.4. The summed E-state index contributed by atoms with van der Waals surface area (Å²) in [5.41, 5.74) is 1.10. The van der Waals surface area contributed by atoms with E-state index >= 15 is 0 Å². The van der Waals surface area contributed by atoms with E-state index in [4.69, 9.17) is 14.1 Å². The average molecular weight is 361 g/mol. The van der Waals surface area contributed by atoms with Gasteiger partial charge in [0.1, 0.15) is 0 Å². The Morgan fingerprint density at radius 2 is 2.21 bits per heavy atom. The highest BCUT2D eigenvalue weighted by molar-refractivity contribution is 7.13. The topological polar surface area (TPSA) is 38.5 Å². The van der Waals surface area contributed by atoms with Gasteiger partial charge in [-0.05, 0) is 36.4 Å². The van der Waals surface area contributed by atoms with Crippen molar-refractivity contribution < 1.29 is 9.15 Å². The van der Waals surface area contributed by atoms with Crippen LogP contribution in [0.2, 0.25) is 0 Å². The lowest BCUT2D eigenvalue weighted by atomic mass is 10.2. The van der Waals surface area contributed by atoms with Gasteiger partial charge in [0.05, 0.1) is 18.1 Å². The van der Waals surface area contributed by atoms with Gasteiger partial charge in [-0.25, -0.2) is 4.98 Å². The fraction of sp³-hybridized carbons (Fsp3) is 0.389. The zero-order valence-corrected chi connectivity index (χ0v) is 15.0. The molecule has 1 saturated heterocycles. The number of aromatic nitrogens is 1. The van der Waals surface area contributed by atoms with Gasteiger partial charge < -0.3 is 9.15 Å². The van der Waals surface area contributed by atoms with E-state index in [0.29, 0.717) is 6.10 Å². The van der Waals surface area contributed by atoms with Gasteiger partial charge in [0, 0.05) is 36.5 Å². The number of nitrogens with zero attached hydrogens (tertiary/aromatic N) is 2. The summed E-state index contributed by atoms with van der Waals surface area (Å²) in [6, 6.07) is 8.17. The molecular formula is C18H20N2O2S2. The first-order valence-electron chi connectivity index (χ1n) is 8.21. The quantitative estimate of drug-likeness (QED) is 0.615. The van der Waals surface area contributed by atoms with Crippen molar-refractivity contribution in [1.82, 2.24) is 9.88 Å². The second-order valence-corrected chi connectivity index (χ2v) is 7.90. The standard InChI is InChI=1S/C18H20N2O2S2/c1-4-15(21-7-1)11-20(12-16-5-3-9-23-16)10-14-13-24-18(19-14)17-6-2-8-22-17/h2-3,5-6,8-9,13,15H,1,4,7,10-12H2. The van der Waals surface area contributed by atoms with Gasteiger partial charge in [-0.3, -0.25) is 4.90 Å². The molecular weight excluding hydrogens is 340 g/mol. The highest BCUT2D eigenvalue weighted by atomic mass is 32.1. The monoisotopic (exact) mass is 360 g/mol. The lowest BCUT2D eigenvalue weighted by Gasteiger charge is -2.23. The molecule has 1 atom stereocenters. The second-order valence-electron chi connectivity index (χ2n) is 6.01. The smallest absolute Gasteiger partial charge is 0.162 e. The van der Waals surface area contributed by atoms with Crippen LogP contribution in [0.1, 0.15) is 23.4 Å². The summed E-state index contributed by atoms with van der Waals surface area (Å²) in [4.78, 5) is 8.57. The number of thiazole rings is 1. The Bertz CT molecular complexity index is 731. The summed E-state index contributed by atoms with van der Waals surface area (Å²) < 4.78 is 11.3. The van der Waals surface area contributed by atoms with Crippen LogP contribution >= 0.6 is 22.7 Å². The molecule has 0 amide bonds. The predicted molar refractivity (Wildman–Crippen MR) is 97.2 cm³/mol. The first kappa shape index (κ1) is 16.0. The minimum absolute atomic E-state index is 0.355. The fourth-order valence-electron chi connectivity index (χ4n) is 3.01. The third kappa shape index (κ3) is 3.95. The molecule has 0 radical (unpaired) electrons. The molecule has 0 aromatic carbocycles. The van der Waals surface area contributed by atoms with Crippen molar-refractivity contribution in [2.75, 3.05) is 13.2 Å². The molecule has 1 fully saturated rings. The molecule has 4 heterocycles. The number of rotatable bonds is 7. The van der Waals surface area contributed by atoms with Gasteiger partial charge in [-0.2, -0.15) is 0 Å². The van der Waals surface area contributed by atoms with E-state index in [2.05, 4.69) is 27.8 Å². The third-order valence-corrected chi connectivity index (χ3v) is 5.88. The van der Waals surface area contributed by atoms with Crippen LogP contribution in [0.4, 0.5) is 0 Å². The maximum Gasteiger partial charge on any atom is 0.162 e. The van der Waals surface area contributed by atoms with Gasteiger partial charge in [0.25, 0.3) is 0 Å². The van der Waals surface area contributed by atoms with Crippen LogP contribution in [0.5, 0.6) is 0 Å². The highest BCUT2D eigenvalue weighted by Crippen LogP contribution is 2.25. The number of hydrogen-bond acceptors (Lipinski definition) is 6. The predicted octanol–water partition coefficient (Wildman–Crippen LogP) is 4.65. The van der Waals surface area contributed by atoms with Crippen molar-refractivity contribution in [3.8, 4) is 10.8 Å². The Balaban J connectivity index is 1.46. The van der Waals surface area contributed by atoms with Gasteiger partial charge in [0.15, 0.2) is 10.8 Å². The van der Waals surface area contributed by atoms with Gasteiger partial charge in [-0.15, -0.1) is 22.7 Å². The number of hydrogen-bond donors (Lipinski definition) is 0. The molecule has 0 saturated carbocycles. The minimum atomic E-state index is 0.355. The van der Waals surface area contributed by atoms with Crippen molar-refractivity contribution in [3.63, 3.8) is 0 Å². The summed E-state index contributed by atoms with van der Waals surface area (Å²) >= 11 is 3.45. The van der Waals surface area contributed by atoms with Crippen molar-refractivity contribution in [1.29, 1.82) is 0 Å². The van der Waals surface area contributed by atoms with E-state index in [9.17, 15) is 0 Å². The Kier molecular flexibility index (Phi) is 5.08. The van der Waals surface area contributed by atoms with Crippen LogP contribution in [0.15, 0.2) is 45.7 Å². The lowest BCUT2D eigenvalue weighted by Crippen LogP contribution is -2.31. The maximum atomic E-state index is 5.83. The van der Waals surface area contributed by atoms with E-state index in [1.54, 1.807) is 17.6 Å². The molecule has 3 aromatic heterocycles. The summed E-state index contributed by atoms with van der Waals surface area (Å²) in [5.74, 6) is 0.843. The molecule has 24 heavy (non-hydrogen) atoms. The summed E-state index contributed by atoms with van der Waals surface area (Å²) in [5, 5.41) is 5.22. The van der Waals surface area contributed by atoms with Crippen molar-refractivity contribution >= 4 is 22.7 Å². The van der Waals surface area contributed by atoms with E-state index in [-0.39, 0.29) is 0 Å². The Morgan fingerprint density at radius 3 is 2.96 bits per heavy atom. The molecule has 3 aromatic rings. The SMILES string of the molecule is c1coc(-c2nc(CN(Cc3cccs3)CC3CCCO3)cs2)c1. The van der Waals surface area contributed by atoms with E-state index in [1.165, 1.54) is 11.3 Å². The maximum absolute atomic E-state index is 5.83. The Labute approximate surface area is 149 Å². The van der Waals surface area contributed by atoms with Crippen LogP contribution in [0.3, 0.4) is 0 Å². The molecule has 4 nitrogen and oxygen atoms in total. The molecule has 0 spiro atoms. The minimum Gasteiger partial charge on any atom is -0.462 e. The summed E-state index contributed by atoms with van der Waals surface area (Å²) in [6.45, 7) is 3.66. The first-order valence-corrected chi connectivity index (χ1v) is 9.97. The second kappa shape index (κ2) is 7.61. The lowest BCUT2D eigenvalue weighted by molar-refractivity contribution is 0.0679. The van der Waals surface area contributed by atoms with Gasteiger partial charge >= 0.3 is 0 Å². The molecule has 1 unspecified atom stereocenters. The van der Waals surface area contributed by atoms with Gasteiger partial charge in [0.2, 0.25) is 0 Å². The number of thiophene rings is 1. The third-order valence-electron chi connectivity index (χ3n) is 4.11. The van der Waals surface area contributed by atoms with E-state index < -0.39 is 0 Å². The fourth-order valence-corrected chi connectivity index (χ4v) is 4.53. The largest absolute Gasteiger partial charge is 0.462 e. The zero-order chi connectivity index (χ0) is 16.2. The summed E-state index contributed by atoms with van der Waals surface area (Å²) in [7, 11) is 0. The van der Waals surface area contributed by atoms with Crippen LogP contribution in [0.25, 0.3) is 10.8 Å². The summed E-state index contributed by atoms with van der Waals surface area (Å²) in [6.07, 6.45) is 4.39. The molecule has 0 aliphatic carbocycles. The molecule has 1 aliphatic rings. The normalized spacial score (nSPS) is 17.8.